The van der Waals surface area contributed by atoms with Crippen LogP contribution in [0.3, 0.4) is 0 Å². The molecule has 0 unspecified atom stereocenters. The molecule has 0 spiro atoms. The highest BCUT2D eigenvalue weighted by atomic mass is 32.1. The molecule has 0 aliphatic rings. The van der Waals surface area contributed by atoms with E-state index in [1.54, 1.807) is 11.3 Å². The standard InChI is InChI=1S/C9H8N2S/c1-2-3-11-6-9-4-8(5-10)7-12-9/h1,4,7,11H,3,6H2. The Kier molecular flexibility index (Phi) is 3.35. The molecule has 0 atom stereocenters. The fourth-order valence-corrected chi connectivity index (χ4v) is 1.57. The van der Waals surface area contributed by atoms with Gasteiger partial charge < -0.3 is 5.32 Å². The van der Waals surface area contributed by atoms with Gasteiger partial charge in [0.25, 0.3) is 0 Å². The quantitative estimate of drug-likeness (QED) is 0.557. The van der Waals surface area contributed by atoms with Crippen molar-refractivity contribution in [2.24, 2.45) is 0 Å². The maximum Gasteiger partial charge on any atom is 0.100 e. The molecule has 0 bridgehead atoms. The van der Waals surface area contributed by atoms with Crippen molar-refractivity contribution in [3.05, 3.63) is 21.9 Å². The zero-order valence-electron chi connectivity index (χ0n) is 6.50. The van der Waals surface area contributed by atoms with Crippen LogP contribution in [0, 0.1) is 23.7 Å². The summed E-state index contributed by atoms with van der Waals surface area (Å²) in [7, 11) is 0. The first-order valence-corrected chi connectivity index (χ1v) is 4.36. The lowest BCUT2D eigenvalue weighted by atomic mass is 10.3. The first-order chi connectivity index (χ1) is 5.86. The minimum Gasteiger partial charge on any atom is -0.301 e. The van der Waals surface area contributed by atoms with Crippen molar-refractivity contribution in [1.29, 1.82) is 5.26 Å². The van der Waals surface area contributed by atoms with Gasteiger partial charge in [0, 0.05) is 16.8 Å². The Hall–Kier alpha value is -1.29. The number of nitrogens with zero attached hydrogens (tertiary/aromatic N) is 1. The number of nitriles is 1. The minimum absolute atomic E-state index is 0.569. The van der Waals surface area contributed by atoms with Crippen molar-refractivity contribution in [1.82, 2.24) is 5.32 Å². The maximum atomic E-state index is 8.53. The third kappa shape index (κ3) is 2.39. The van der Waals surface area contributed by atoms with E-state index in [1.165, 1.54) is 0 Å². The highest BCUT2D eigenvalue weighted by Crippen LogP contribution is 2.12. The van der Waals surface area contributed by atoms with E-state index in [-0.39, 0.29) is 0 Å². The van der Waals surface area contributed by atoms with Crippen molar-refractivity contribution < 1.29 is 0 Å². The lowest BCUT2D eigenvalue weighted by Gasteiger charge is -1.94. The molecule has 1 heterocycles. The molecule has 1 aromatic rings. The van der Waals surface area contributed by atoms with Gasteiger partial charge in [-0.25, -0.2) is 0 Å². The van der Waals surface area contributed by atoms with Crippen LogP contribution in [-0.4, -0.2) is 6.54 Å². The Morgan fingerprint density at radius 2 is 2.50 bits per heavy atom. The van der Waals surface area contributed by atoms with E-state index in [4.69, 9.17) is 11.7 Å². The van der Waals surface area contributed by atoms with Gasteiger partial charge in [0.1, 0.15) is 6.07 Å². The van der Waals surface area contributed by atoms with Crippen LogP contribution in [0.15, 0.2) is 11.4 Å². The van der Waals surface area contributed by atoms with Gasteiger partial charge in [0.15, 0.2) is 0 Å². The first kappa shape index (κ1) is 8.80. The topological polar surface area (TPSA) is 35.8 Å². The summed E-state index contributed by atoms with van der Waals surface area (Å²) >= 11 is 1.57. The lowest BCUT2D eigenvalue weighted by molar-refractivity contribution is 0.781. The number of hydrogen-bond donors (Lipinski definition) is 1. The van der Waals surface area contributed by atoms with Crippen LogP contribution in [0.25, 0.3) is 0 Å². The molecule has 0 amide bonds. The van der Waals surface area contributed by atoms with Gasteiger partial charge in [0.05, 0.1) is 12.1 Å². The monoisotopic (exact) mass is 176 g/mol. The molecule has 3 heteroatoms. The summed E-state index contributed by atoms with van der Waals surface area (Å²) < 4.78 is 0. The van der Waals surface area contributed by atoms with Crippen LogP contribution in [0.4, 0.5) is 0 Å². The van der Waals surface area contributed by atoms with Gasteiger partial charge >= 0.3 is 0 Å². The fraction of sp³-hybridized carbons (Fsp3) is 0.222. The summed E-state index contributed by atoms with van der Waals surface area (Å²) in [5.74, 6) is 2.49. The second-order valence-corrected chi connectivity index (χ2v) is 3.22. The van der Waals surface area contributed by atoms with Gasteiger partial charge in [-0.3, -0.25) is 0 Å². The van der Waals surface area contributed by atoms with E-state index in [9.17, 15) is 0 Å². The minimum atomic E-state index is 0.569. The maximum absolute atomic E-state index is 8.53. The van der Waals surface area contributed by atoms with E-state index in [0.717, 1.165) is 17.0 Å². The molecule has 1 N–H and O–H groups in total. The molecule has 60 valence electrons. The van der Waals surface area contributed by atoms with Crippen molar-refractivity contribution in [2.75, 3.05) is 6.54 Å². The highest BCUT2D eigenvalue weighted by molar-refractivity contribution is 7.10. The summed E-state index contributed by atoms with van der Waals surface area (Å²) in [6, 6.07) is 3.95. The van der Waals surface area contributed by atoms with Crippen molar-refractivity contribution >= 4 is 11.3 Å². The SMILES string of the molecule is C#CCNCc1cc(C#N)cs1. The molecule has 0 radical (unpaired) electrons. The second-order valence-electron chi connectivity index (χ2n) is 2.22. The predicted octanol–water partition coefficient (Wildman–Crippen LogP) is 1.34. The summed E-state index contributed by atoms with van der Waals surface area (Å²) in [5.41, 5.74) is 0.720. The lowest BCUT2D eigenvalue weighted by Crippen LogP contribution is -2.11. The molecule has 1 aromatic heterocycles. The molecule has 0 aliphatic heterocycles. The molecule has 1 rings (SSSR count). The Labute approximate surface area is 75.8 Å². The van der Waals surface area contributed by atoms with E-state index in [1.807, 2.05) is 11.4 Å². The second kappa shape index (κ2) is 4.56. The predicted molar refractivity (Wildman–Crippen MR) is 49.6 cm³/mol. The Balaban J connectivity index is 2.44. The van der Waals surface area contributed by atoms with Gasteiger partial charge in [-0.1, -0.05) is 5.92 Å². The first-order valence-electron chi connectivity index (χ1n) is 3.48. The zero-order chi connectivity index (χ0) is 8.81. The van der Waals surface area contributed by atoms with E-state index in [0.29, 0.717) is 6.54 Å². The van der Waals surface area contributed by atoms with Gasteiger partial charge in [0.2, 0.25) is 0 Å². The van der Waals surface area contributed by atoms with Gasteiger partial charge in [-0.15, -0.1) is 17.8 Å². The summed E-state index contributed by atoms with van der Waals surface area (Å²) in [4.78, 5) is 1.14. The van der Waals surface area contributed by atoms with Crippen molar-refractivity contribution in [3.8, 4) is 18.4 Å². The highest BCUT2D eigenvalue weighted by Gasteiger charge is 1.96. The van der Waals surface area contributed by atoms with Crippen LogP contribution in [-0.2, 0) is 6.54 Å². The molecular weight excluding hydrogens is 168 g/mol. The Morgan fingerprint density at radius 3 is 3.08 bits per heavy atom. The van der Waals surface area contributed by atoms with Crippen LogP contribution in [0.5, 0.6) is 0 Å². The third-order valence-corrected chi connectivity index (χ3v) is 2.25. The number of terminal acetylenes is 1. The molecule has 0 saturated carbocycles. The molecule has 12 heavy (non-hydrogen) atoms. The van der Waals surface area contributed by atoms with Crippen LogP contribution in [0.1, 0.15) is 10.4 Å². The number of rotatable bonds is 3. The summed E-state index contributed by atoms with van der Waals surface area (Å²) in [6.45, 7) is 1.32. The number of nitrogens with one attached hydrogen (secondary N) is 1. The van der Waals surface area contributed by atoms with Crippen molar-refractivity contribution in [2.45, 2.75) is 6.54 Å². The Morgan fingerprint density at radius 1 is 1.67 bits per heavy atom. The van der Waals surface area contributed by atoms with E-state index >= 15 is 0 Å². The molecule has 0 aromatic carbocycles. The van der Waals surface area contributed by atoms with Gasteiger partial charge in [-0.05, 0) is 6.07 Å². The van der Waals surface area contributed by atoms with Gasteiger partial charge in [-0.2, -0.15) is 5.26 Å². The molecule has 0 fully saturated rings. The zero-order valence-corrected chi connectivity index (χ0v) is 7.32. The number of thiophene rings is 1. The smallest absolute Gasteiger partial charge is 0.100 e. The van der Waals surface area contributed by atoms with Crippen LogP contribution >= 0.6 is 11.3 Å². The third-order valence-electron chi connectivity index (χ3n) is 1.31. The fourth-order valence-electron chi connectivity index (χ4n) is 0.790. The van der Waals surface area contributed by atoms with Crippen LogP contribution < -0.4 is 5.32 Å². The molecule has 0 aliphatic carbocycles. The average Bonchev–Trinajstić information content (AvgIpc) is 2.53. The van der Waals surface area contributed by atoms with Crippen LogP contribution in [0.2, 0.25) is 0 Å². The largest absolute Gasteiger partial charge is 0.301 e. The van der Waals surface area contributed by atoms with Crippen molar-refractivity contribution in [3.63, 3.8) is 0 Å². The van der Waals surface area contributed by atoms with E-state index < -0.39 is 0 Å². The Bertz CT molecular complexity index is 327. The van der Waals surface area contributed by atoms with E-state index in [2.05, 4.69) is 17.3 Å². The molecule has 2 nitrogen and oxygen atoms in total. The molecular formula is C9H8N2S. The summed E-state index contributed by atoms with van der Waals surface area (Å²) in [6.07, 6.45) is 5.06. The normalized spacial score (nSPS) is 8.83. The number of hydrogen-bond acceptors (Lipinski definition) is 3. The average molecular weight is 176 g/mol. The summed E-state index contributed by atoms with van der Waals surface area (Å²) in [5, 5.41) is 13.4. The molecule has 0 saturated heterocycles.